The van der Waals surface area contributed by atoms with E-state index in [4.69, 9.17) is 0 Å². The molecule has 4 rings (SSSR count). The molecule has 0 unspecified atom stereocenters. The molecule has 0 aliphatic carbocycles. The van der Waals surface area contributed by atoms with E-state index in [2.05, 4.69) is 12.1 Å². The molecular formula is C20H22N2O2. The molecule has 2 bridgehead atoms. The van der Waals surface area contributed by atoms with Gasteiger partial charge in [0.15, 0.2) is 0 Å². The summed E-state index contributed by atoms with van der Waals surface area (Å²) >= 11 is 0. The summed E-state index contributed by atoms with van der Waals surface area (Å²) in [6.45, 7) is 1.50. The van der Waals surface area contributed by atoms with E-state index in [0.29, 0.717) is 5.92 Å². The molecule has 4 nitrogen and oxygen atoms in total. The Morgan fingerprint density at radius 1 is 1.00 bits per heavy atom. The summed E-state index contributed by atoms with van der Waals surface area (Å²) < 4.78 is 1.87. The Morgan fingerprint density at radius 2 is 1.79 bits per heavy atom. The number of carbonyl (C=O) groups is 1. The first kappa shape index (κ1) is 15.2. The molecule has 0 N–H and O–H groups in total. The second kappa shape index (κ2) is 5.93. The van der Waals surface area contributed by atoms with Gasteiger partial charge in [-0.2, -0.15) is 0 Å². The Labute approximate surface area is 141 Å². The fraction of sp³-hybridized carbons (Fsp3) is 0.400. The predicted octanol–water partition coefficient (Wildman–Crippen LogP) is 2.21. The fourth-order valence-corrected chi connectivity index (χ4v) is 4.13. The first-order chi connectivity index (χ1) is 11.6. The third-order valence-electron chi connectivity index (χ3n) is 5.39. The number of hydrogen-bond acceptors (Lipinski definition) is 2. The highest BCUT2D eigenvalue weighted by Gasteiger charge is 2.39. The molecule has 2 atom stereocenters. The second-order valence-electron chi connectivity index (χ2n) is 7.06. The number of benzene rings is 1. The second-order valence-corrected chi connectivity index (χ2v) is 7.06. The van der Waals surface area contributed by atoms with Crippen molar-refractivity contribution in [3.63, 3.8) is 0 Å². The molecule has 124 valence electrons. The zero-order valence-electron chi connectivity index (χ0n) is 13.9. The Kier molecular flexibility index (Phi) is 3.75. The van der Waals surface area contributed by atoms with Crippen LogP contribution >= 0.6 is 0 Å². The highest BCUT2D eigenvalue weighted by Crippen LogP contribution is 2.35. The maximum absolute atomic E-state index is 12.9. The third kappa shape index (κ3) is 2.56. The maximum Gasteiger partial charge on any atom is 0.253 e. The number of aromatic nitrogens is 1. The lowest BCUT2D eigenvalue weighted by Crippen LogP contribution is -2.49. The summed E-state index contributed by atoms with van der Waals surface area (Å²) in [4.78, 5) is 27.1. The number of likely N-dealkylation sites (tertiary alicyclic amines) is 1. The van der Waals surface area contributed by atoms with Crippen molar-refractivity contribution in [1.82, 2.24) is 9.47 Å². The molecule has 3 heterocycles. The molecule has 2 aliphatic heterocycles. The van der Waals surface area contributed by atoms with Crippen molar-refractivity contribution in [2.24, 2.45) is 5.92 Å². The van der Waals surface area contributed by atoms with Crippen LogP contribution < -0.4 is 5.56 Å². The summed E-state index contributed by atoms with van der Waals surface area (Å²) in [6, 6.07) is 14.2. The SMILES string of the molecule is CN1C[C@@H]2C[C@H](C1=O)c1ccc(CCc3ccccc3)c(=O)n1C2. The van der Waals surface area contributed by atoms with Gasteiger partial charge in [-0.05, 0) is 36.8 Å². The van der Waals surface area contributed by atoms with Gasteiger partial charge in [0.25, 0.3) is 5.56 Å². The van der Waals surface area contributed by atoms with E-state index >= 15 is 0 Å². The van der Waals surface area contributed by atoms with Crippen LogP contribution in [0, 0.1) is 5.92 Å². The molecular weight excluding hydrogens is 300 g/mol. The molecule has 1 fully saturated rings. The average molecular weight is 322 g/mol. The van der Waals surface area contributed by atoms with Gasteiger partial charge in [0.1, 0.15) is 0 Å². The highest BCUT2D eigenvalue weighted by molar-refractivity contribution is 5.84. The van der Waals surface area contributed by atoms with Crippen LogP contribution in [0.5, 0.6) is 0 Å². The van der Waals surface area contributed by atoms with Gasteiger partial charge in [-0.3, -0.25) is 9.59 Å². The lowest BCUT2D eigenvalue weighted by atomic mass is 9.82. The molecule has 1 aromatic carbocycles. The van der Waals surface area contributed by atoms with Crippen LogP contribution in [0.2, 0.25) is 0 Å². The number of rotatable bonds is 3. The Balaban J connectivity index is 1.63. The van der Waals surface area contributed by atoms with E-state index in [1.54, 1.807) is 0 Å². The van der Waals surface area contributed by atoms with Crippen LogP contribution in [0.3, 0.4) is 0 Å². The van der Waals surface area contributed by atoms with E-state index in [-0.39, 0.29) is 17.4 Å². The summed E-state index contributed by atoms with van der Waals surface area (Å²) in [5, 5.41) is 0. The van der Waals surface area contributed by atoms with Crippen molar-refractivity contribution in [2.75, 3.05) is 13.6 Å². The topological polar surface area (TPSA) is 42.3 Å². The van der Waals surface area contributed by atoms with Gasteiger partial charge in [-0.25, -0.2) is 0 Å². The molecule has 0 radical (unpaired) electrons. The molecule has 1 saturated heterocycles. The van der Waals surface area contributed by atoms with Gasteiger partial charge in [-0.1, -0.05) is 36.4 Å². The smallest absolute Gasteiger partial charge is 0.253 e. The number of pyridine rings is 1. The summed E-state index contributed by atoms with van der Waals surface area (Å²) in [5.74, 6) is 0.404. The number of amides is 1. The molecule has 2 aliphatic rings. The van der Waals surface area contributed by atoms with Gasteiger partial charge in [0, 0.05) is 31.4 Å². The third-order valence-corrected chi connectivity index (χ3v) is 5.39. The molecule has 4 heteroatoms. The number of hydrogen-bond donors (Lipinski definition) is 0. The number of piperidine rings is 1. The zero-order valence-corrected chi connectivity index (χ0v) is 13.9. The normalized spacial score (nSPS) is 22.4. The zero-order chi connectivity index (χ0) is 16.7. The largest absolute Gasteiger partial charge is 0.345 e. The summed E-state index contributed by atoms with van der Waals surface area (Å²) in [7, 11) is 1.86. The molecule has 0 spiro atoms. The highest BCUT2D eigenvalue weighted by atomic mass is 16.2. The minimum absolute atomic E-state index is 0.0930. The lowest BCUT2D eigenvalue weighted by Gasteiger charge is -2.40. The Morgan fingerprint density at radius 3 is 2.58 bits per heavy atom. The Hall–Kier alpha value is -2.36. The minimum Gasteiger partial charge on any atom is -0.345 e. The van der Waals surface area contributed by atoms with E-state index in [1.165, 1.54) is 5.56 Å². The van der Waals surface area contributed by atoms with Crippen molar-refractivity contribution >= 4 is 5.91 Å². The van der Waals surface area contributed by atoms with Crippen LogP contribution in [0.4, 0.5) is 0 Å². The van der Waals surface area contributed by atoms with Crippen molar-refractivity contribution in [3.05, 3.63) is 69.6 Å². The number of carbonyl (C=O) groups excluding carboxylic acids is 1. The van der Waals surface area contributed by atoms with Crippen molar-refractivity contribution < 1.29 is 4.79 Å². The van der Waals surface area contributed by atoms with Crippen LogP contribution in [0.25, 0.3) is 0 Å². The van der Waals surface area contributed by atoms with Crippen LogP contribution in [0.15, 0.2) is 47.3 Å². The molecule has 24 heavy (non-hydrogen) atoms. The number of likely N-dealkylation sites (N-methyl/N-ethyl adjacent to an activating group) is 1. The number of aryl methyl sites for hydroxylation is 2. The molecule has 2 aromatic rings. The molecule has 1 aromatic heterocycles. The number of nitrogens with zero attached hydrogens (tertiary/aromatic N) is 2. The standard InChI is InChI=1S/C20H22N2O2/c1-21-12-15-11-17(20(21)24)18-10-9-16(19(23)22(18)13-15)8-7-14-5-3-2-4-6-14/h2-6,9-10,15,17H,7-8,11-13H2,1H3/t15-,17-/m0/s1. The van der Waals surface area contributed by atoms with Gasteiger partial charge in [0.2, 0.25) is 5.91 Å². The van der Waals surface area contributed by atoms with E-state index in [1.807, 2.05) is 46.8 Å². The number of fused-ring (bicyclic) bond motifs is 4. The van der Waals surface area contributed by atoms with E-state index in [0.717, 1.165) is 43.6 Å². The van der Waals surface area contributed by atoms with Crippen molar-refractivity contribution in [3.8, 4) is 0 Å². The van der Waals surface area contributed by atoms with Gasteiger partial charge < -0.3 is 9.47 Å². The van der Waals surface area contributed by atoms with Crippen molar-refractivity contribution in [2.45, 2.75) is 31.7 Å². The van der Waals surface area contributed by atoms with E-state index in [9.17, 15) is 9.59 Å². The molecule has 0 saturated carbocycles. The summed E-state index contributed by atoms with van der Waals surface area (Å²) in [6.07, 6.45) is 2.49. The fourth-order valence-electron chi connectivity index (χ4n) is 4.13. The van der Waals surface area contributed by atoms with Gasteiger partial charge in [-0.15, -0.1) is 0 Å². The minimum atomic E-state index is -0.140. The monoisotopic (exact) mass is 322 g/mol. The van der Waals surface area contributed by atoms with Gasteiger partial charge >= 0.3 is 0 Å². The Bertz CT molecular complexity index is 825. The molecule has 1 amide bonds. The van der Waals surface area contributed by atoms with Crippen molar-refractivity contribution in [1.29, 1.82) is 0 Å². The van der Waals surface area contributed by atoms with Crippen LogP contribution in [0.1, 0.15) is 29.2 Å². The van der Waals surface area contributed by atoms with Crippen LogP contribution in [-0.2, 0) is 24.2 Å². The lowest BCUT2D eigenvalue weighted by molar-refractivity contribution is -0.136. The quantitative estimate of drug-likeness (QED) is 0.869. The first-order valence-corrected chi connectivity index (χ1v) is 8.65. The average Bonchev–Trinajstić information content (AvgIpc) is 2.60. The maximum atomic E-state index is 12.9. The first-order valence-electron chi connectivity index (χ1n) is 8.65. The predicted molar refractivity (Wildman–Crippen MR) is 93.0 cm³/mol. The van der Waals surface area contributed by atoms with E-state index < -0.39 is 0 Å². The summed E-state index contributed by atoms with van der Waals surface area (Å²) in [5.41, 5.74) is 3.09. The van der Waals surface area contributed by atoms with Crippen LogP contribution in [-0.4, -0.2) is 29.0 Å². The van der Waals surface area contributed by atoms with Gasteiger partial charge in [0.05, 0.1) is 5.92 Å².